The Labute approximate surface area is 118 Å². The predicted octanol–water partition coefficient (Wildman–Crippen LogP) is 3.08. The van der Waals surface area contributed by atoms with Gasteiger partial charge in [0.15, 0.2) is 0 Å². The zero-order valence-corrected chi connectivity index (χ0v) is 12.1. The van der Waals surface area contributed by atoms with Crippen molar-refractivity contribution in [2.45, 2.75) is 0 Å². The highest BCUT2D eigenvalue weighted by molar-refractivity contribution is 9.10. The lowest BCUT2D eigenvalue weighted by molar-refractivity contribution is 0.102. The predicted molar refractivity (Wildman–Crippen MR) is 72.3 cm³/mol. The zero-order valence-electron chi connectivity index (χ0n) is 9.78. The molecular weight excluding hydrogens is 320 g/mol. The molecule has 0 spiro atoms. The standard InChI is InChI=1S/C12H10BrClN2O2/c1-16-11(9(13)6-15-16)12(17)8-5-7(14)3-4-10(8)18-2/h3-6H,1-2H3. The van der Waals surface area contributed by atoms with Crippen LogP contribution in [0.4, 0.5) is 0 Å². The van der Waals surface area contributed by atoms with Gasteiger partial charge in [0.05, 0.1) is 23.3 Å². The third kappa shape index (κ3) is 2.28. The van der Waals surface area contributed by atoms with Crippen LogP contribution in [0.3, 0.4) is 0 Å². The molecule has 0 aliphatic carbocycles. The topological polar surface area (TPSA) is 44.1 Å². The maximum absolute atomic E-state index is 12.5. The first-order valence-corrected chi connectivity index (χ1v) is 6.27. The largest absolute Gasteiger partial charge is 0.496 e. The Bertz CT molecular complexity index is 591. The van der Waals surface area contributed by atoms with Crippen LogP contribution in [0.2, 0.25) is 5.02 Å². The smallest absolute Gasteiger partial charge is 0.215 e. The van der Waals surface area contributed by atoms with E-state index in [4.69, 9.17) is 16.3 Å². The van der Waals surface area contributed by atoms with Gasteiger partial charge in [0.1, 0.15) is 11.4 Å². The molecule has 1 aromatic carbocycles. The minimum atomic E-state index is -0.193. The van der Waals surface area contributed by atoms with Crippen LogP contribution in [0.5, 0.6) is 5.75 Å². The van der Waals surface area contributed by atoms with E-state index in [0.29, 0.717) is 26.5 Å². The fourth-order valence-corrected chi connectivity index (χ4v) is 2.35. The van der Waals surface area contributed by atoms with Crippen molar-refractivity contribution in [2.75, 3.05) is 7.11 Å². The Morgan fingerprint density at radius 3 is 2.78 bits per heavy atom. The molecule has 0 saturated carbocycles. The monoisotopic (exact) mass is 328 g/mol. The molecule has 2 rings (SSSR count). The number of aromatic nitrogens is 2. The quantitative estimate of drug-likeness (QED) is 0.813. The third-order valence-corrected chi connectivity index (χ3v) is 3.33. The van der Waals surface area contributed by atoms with Gasteiger partial charge in [-0.1, -0.05) is 11.6 Å². The number of ketones is 1. The molecule has 0 amide bonds. The van der Waals surface area contributed by atoms with E-state index in [0.717, 1.165) is 0 Å². The van der Waals surface area contributed by atoms with Crippen LogP contribution < -0.4 is 4.74 Å². The first-order chi connectivity index (χ1) is 8.54. The molecule has 4 nitrogen and oxygen atoms in total. The highest BCUT2D eigenvalue weighted by atomic mass is 79.9. The van der Waals surface area contributed by atoms with Gasteiger partial charge >= 0.3 is 0 Å². The van der Waals surface area contributed by atoms with Gasteiger partial charge in [-0.05, 0) is 34.1 Å². The summed E-state index contributed by atoms with van der Waals surface area (Å²) in [5.74, 6) is 0.290. The minimum absolute atomic E-state index is 0.193. The van der Waals surface area contributed by atoms with Crippen molar-refractivity contribution in [3.8, 4) is 5.75 Å². The summed E-state index contributed by atoms with van der Waals surface area (Å²) < 4.78 is 7.32. The van der Waals surface area contributed by atoms with E-state index in [2.05, 4.69) is 21.0 Å². The van der Waals surface area contributed by atoms with E-state index in [1.807, 2.05) is 0 Å². The maximum atomic E-state index is 12.5. The van der Waals surface area contributed by atoms with Crippen molar-refractivity contribution >= 4 is 33.3 Å². The summed E-state index contributed by atoms with van der Waals surface area (Å²) in [7, 11) is 3.22. The number of hydrogen-bond acceptors (Lipinski definition) is 3. The molecule has 0 bridgehead atoms. The molecule has 2 aromatic rings. The molecule has 0 aliphatic rings. The van der Waals surface area contributed by atoms with Gasteiger partial charge in [-0.25, -0.2) is 0 Å². The Balaban J connectivity index is 2.55. The van der Waals surface area contributed by atoms with Crippen LogP contribution in [0.1, 0.15) is 16.1 Å². The van der Waals surface area contributed by atoms with Gasteiger partial charge in [-0.2, -0.15) is 5.10 Å². The maximum Gasteiger partial charge on any atom is 0.215 e. The summed E-state index contributed by atoms with van der Waals surface area (Å²) in [6.07, 6.45) is 1.57. The summed E-state index contributed by atoms with van der Waals surface area (Å²) in [6, 6.07) is 4.93. The Hall–Kier alpha value is -1.33. The van der Waals surface area contributed by atoms with Gasteiger partial charge in [0, 0.05) is 12.1 Å². The van der Waals surface area contributed by atoms with Crippen molar-refractivity contribution in [2.24, 2.45) is 7.05 Å². The molecule has 0 saturated heterocycles. The third-order valence-electron chi connectivity index (χ3n) is 2.52. The van der Waals surface area contributed by atoms with E-state index < -0.39 is 0 Å². The molecule has 6 heteroatoms. The van der Waals surface area contributed by atoms with E-state index in [-0.39, 0.29) is 5.78 Å². The van der Waals surface area contributed by atoms with Crippen LogP contribution in [-0.4, -0.2) is 22.7 Å². The van der Waals surface area contributed by atoms with Crippen molar-refractivity contribution in [1.82, 2.24) is 9.78 Å². The summed E-state index contributed by atoms with van der Waals surface area (Å²) in [5, 5.41) is 4.50. The van der Waals surface area contributed by atoms with Crippen LogP contribution in [0.15, 0.2) is 28.9 Å². The number of aryl methyl sites for hydroxylation is 1. The highest BCUT2D eigenvalue weighted by Gasteiger charge is 2.21. The van der Waals surface area contributed by atoms with Gasteiger partial charge in [-0.15, -0.1) is 0 Å². The molecule has 0 aliphatic heterocycles. The van der Waals surface area contributed by atoms with E-state index in [9.17, 15) is 4.79 Å². The lowest BCUT2D eigenvalue weighted by Crippen LogP contribution is -2.10. The normalized spacial score (nSPS) is 10.4. The average molecular weight is 330 g/mol. The second-order valence-electron chi connectivity index (χ2n) is 3.64. The molecule has 1 aromatic heterocycles. The van der Waals surface area contributed by atoms with Crippen LogP contribution in [-0.2, 0) is 7.05 Å². The van der Waals surface area contributed by atoms with E-state index >= 15 is 0 Å². The number of nitrogens with zero attached hydrogens (tertiary/aromatic N) is 2. The fourth-order valence-electron chi connectivity index (χ4n) is 1.65. The first-order valence-electron chi connectivity index (χ1n) is 5.10. The highest BCUT2D eigenvalue weighted by Crippen LogP contribution is 2.27. The Morgan fingerprint density at radius 1 is 1.50 bits per heavy atom. The second-order valence-corrected chi connectivity index (χ2v) is 4.93. The summed E-state index contributed by atoms with van der Waals surface area (Å²) in [6.45, 7) is 0. The van der Waals surface area contributed by atoms with Crippen LogP contribution >= 0.6 is 27.5 Å². The summed E-state index contributed by atoms with van der Waals surface area (Å²) in [4.78, 5) is 12.5. The molecule has 0 atom stereocenters. The fraction of sp³-hybridized carbons (Fsp3) is 0.167. The van der Waals surface area contributed by atoms with E-state index in [1.165, 1.54) is 11.8 Å². The van der Waals surface area contributed by atoms with Crippen molar-refractivity contribution < 1.29 is 9.53 Å². The molecule has 0 fully saturated rings. The number of hydrogen-bond donors (Lipinski definition) is 0. The van der Waals surface area contributed by atoms with Crippen LogP contribution in [0, 0.1) is 0 Å². The number of ether oxygens (including phenoxy) is 1. The van der Waals surface area contributed by atoms with E-state index in [1.54, 1.807) is 31.4 Å². The summed E-state index contributed by atoms with van der Waals surface area (Å²) >= 11 is 9.22. The number of halogens is 2. The first kappa shape index (κ1) is 13.1. The molecule has 1 heterocycles. The minimum Gasteiger partial charge on any atom is -0.496 e. The van der Waals surface area contributed by atoms with Gasteiger partial charge in [-0.3, -0.25) is 9.48 Å². The van der Waals surface area contributed by atoms with Gasteiger partial charge in [0.2, 0.25) is 5.78 Å². The number of rotatable bonds is 3. The summed E-state index contributed by atoms with van der Waals surface area (Å²) in [5.41, 5.74) is 0.866. The molecule has 0 radical (unpaired) electrons. The molecule has 94 valence electrons. The molecular formula is C12H10BrClN2O2. The zero-order chi connectivity index (χ0) is 13.3. The van der Waals surface area contributed by atoms with Crippen molar-refractivity contribution in [3.05, 3.63) is 45.1 Å². The van der Waals surface area contributed by atoms with Crippen LogP contribution in [0.25, 0.3) is 0 Å². The Kier molecular flexibility index (Phi) is 3.73. The number of benzene rings is 1. The number of carbonyl (C=O) groups excluding carboxylic acids is 1. The van der Waals surface area contributed by atoms with Crippen molar-refractivity contribution in [3.63, 3.8) is 0 Å². The molecule has 18 heavy (non-hydrogen) atoms. The average Bonchev–Trinajstić information content (AvgIpc) is 2.68. The SMILES string of the molecule is COc1ccc(Cl)cc1C(=O)c1c(Br)cnn1C. The molecule has 0 unspecified atom stereocenters. The molecule has 0 N–H and O–H groups in total. The lowest BCUT2D eigenvalue weighted by atomic mass is 10.1. The lowest BCUT2D eigenvalue weighted by Gasteiger charge is -2.08. The second kappa shape index (κ2) is 5.12. The Morgan fingerprint density at radius 2 is 2.22 bits per heavy atom. The van der Waals surface area contributed by atoms with Crippen molar-refractivity contribution in [1.29, 1.82) is 0 Å². The van der Waals surface area contributed by atoms with Gasteiger partial charge < -0.3 is 4.74 Å². The van der Waals surface area contributed by atoms with Gasteiger partial charge in [0.25, 0.3) is 0 Å². The number of carbonyl (C=O) groups is 1. The number of methoxy groups -OCH3 is 1.